The Labute approximate surface area is 162 Å². The average Bonchev–Trinajstić information content (AvgIpc) is 2.85. The summed E-state index contributed by atoms with van der Waals surface area (Å²) < 4.78 is 29.2. The van der Waals surface area contributed by atoms with Gasteiger partial charge in [0.05, 0.1) is 27.3 Å². The van der Waals surface area contributed by atoms with Gasteiger partial charge in [-0.15, -0.1) is 0 Å². The Balaban J connectivity index is 2.13. The molecule has 0 spiro atoms. The van der Waals surface area contributed by atoms with Gasteiger partial charge in [0.15, 0.2) is 0 Å². The van der Waals surface area contributed by atoms with Crippen molar-refractivity contribution in [2.24, 2.45) is 0 Å². The maximum Gasteiger partial charge on any atom is 0.337 e. The van der Waals surface area contributed by atoms with Crippen LogP contribution in [0.3, 0.4) is 0 Å². The molecule has 0 saturated heterocycles. The fraction of sp³-hybridized carbons (Fsp3) is 0.375. The third-order valence-electron chi connectivity index (χ3n) is 3.86. The number of rotatable bonds is 7. The van der Waals surface area contributed by atoms with E-state index in [-0.39, 0.29) is 33.1 Å². The molecule has 0 aliphatic rings. The van der Waals surface area contributed by atoms with E-state index in [1.807, 2.05) is 31.5 Å². The number of hydrogen-bond acceptors (Lipinski definition) is 4. The van der Waals surface area contributed by atoms with Crippen LogP contribution < -0.4 is 4.72 Å². The smallest absolute Gasteiger partial charge is 0.337 e. The summed E-state index contributed by atoms with van der Waals surface area (Å²) in [4.78, 5) is 10.8. The zero-order valence-electron chi connectivity index (χ0n) is 14.5. The lowest BCUT2D eigenvalue weighted by molar-refractivity contribution is 0.0697. The number of aryl methyl sites for hydroxylation is 2. The number of aromatic nitrogens is 2. The van der Waals surface area contributed by atoms with Gasteiger partial charge in [0.1, 0.15) is 4.90 Å². The number of benzene rings is 1. The number of nitrogens with one attached hydrogen (secondary N) is 1. The van der Waals surface area contributed by atoms with E-state index in [1.165, 1.54) is 0 Å². The molecule has 0 saturated carbocycles. The number of hydrogen-bond donors (Lipinski definition) is 2. The molecule has 1 aromatic carbocycles. The topological polar surface area (TPSA) is 101 Å². The van der Waals surface area contributed by atoms with E-state index in [0.717, 1.165) is 23.5 Å². The molecule has 1 heterocycles. The van der Waals surface area contributed by atoms with E-state index >= 15 is 0 Å². The molecule has 2 N–H and O–H groups in total. The monoisotopic (exact) mass is 419 g/mol. The van der Waals surface area contributed by atoms with Crippen LogP contribution in [-0.4, -0.2) is 35.8 Å². The molecular formula is C16H19Cl2N3O4S. The molecule has 0 fully saturated rings. The van der Waals surface area contributed by atoms with Crippen LogP contribution in [0.25, 0.3) is 0 Å². The largest absolute Gasteiger partial charge is 0.478 e. The number of nitrogens with zero attached hydrogens (tertiary/aromatic N) is 2. The summed E-state index contributed by atoms with van der Waals surface area (Å²) in [5.41, 5.74) is 1.56. The van der Waals surface area contributed by atoms with E-state index in [2.05, 4.69) is 9.82 Å². The van der Waals surface area contributed by atoms with E-state index in [4.69, 9.17) is 28.3 Å². The van der Waals surface area contributed by atoms with Crippen molar-refractivity contribution >= 4 is 39.2 Å². The van der Waals surface area contributed by atoms with Gasteiger partial charge in [-0.05, 0) is 45.4 Å². The van der Waals surface area contributed by atoms with Crippen molar-refractivity contribution in [2.75, 3.05) is 6.54 Å². The van der Waals surface area contributed by atoms with Crippen LogP contribution in [0.15, 0.2) is 23.1 Å². The van der Waals surface area contributed by atoms with Crippen LogP contribution >= 0.6 is 23.2 Å². The molecule has 10 heteroatoms. The Hall–Kier alpha value is -1.61. The van der Waals surface area contributed by atoms with Crippen LogP contribution in [0.2, 0.25) is 10.0 Å². The average molecular weight is 420 g/mol. The third kappa shape index (κ3) is 4.56. The van der Waals surface area contributed by atoms with Crippen molar-refractivity contribution in [3.63, 3.8) is 0 Å². The fourth-order valence-electron chi connectivity index (χ4n) is 2.59. The van der Waals surface area contributed by atoms with Crippen molar-refractivity contribution in [3.05, 3.63) is 45.2 Å². The normalized spacial score (nSPS) is 13.0. The van der Waals surface area contributed by atoms with Gasteiger partial charge in [0, 0.05) is 12.2 Å². The molecular weight excluding hydrogens is 401 g/mol. The molecule has 1 atom stereocenters. The minimum absolute atomic E-state index is 0.0123. The van der Waals surface area contributed by atoms with Gasteiger partial charge < -0.3 is 5.11 Å². The van der Waals surface area contributed by atoms with Crippen LogP contribution in [-0.2, 0) is 10.0 Å². The first kappa shape index (κ1) is 20.7. The zero-order chi connectivity index (χ0) is 19.6. The van der Waals surface area contributed by atoms with Crippen LogP contribution in [0.5, 0.6) is 0 Å². The molecule has 0 amide bonds. The number of sulfonamides is 1. The molecule has 1 unspecified atom stereocenters. The lowest BCUT2D eigenvalue weighted by Crippen LogP contribution is -2.27. The predicted molar refractivity (Wildman–Crippen MR) is 99.6 cm³/mol. The number of carboxylic acids is 1. The second kappa shape index (κ2) is 7.96. The van der Waals surface area contributed by atoms with Crippen LogP contribution in [0, 0.1) is 13.8 Å². The molecule has 0 aliphatic carbocycles. The minimum atomic E-state index is -3.98. The summed E-state index contributed by atoms with van der Waals surface area (Å²) in [6.07, 6.45) is 0.498. The lowest BCUT2D eigenvalue weighted by atomic mass is 10.2. The quantitative estimate of drug-likeness (QED) is 0.715. The summed E-state index contributed by atoms with van der Waals surface area (Å²) in [5, 5.41) is 13.2. The lowest BCUT2D eigenvalue weighted by Gasteiger charge is -2.15. The van der Waals surface area contributed by atoms with E-state index in [0.29, 0.717) is 6.42 Å². The Bertz CT molecular complexity index is 941. The van der Waals surface area contributed by atoms with Crippen molar-refractivity contribution < 1.29 is 18.3 Å². The Kier molecular flexibility index (Phi) is 6.33. The second-order valence-corrected chi connectivity index (χ2v) is 8.52. The Morgan fingerprint density at radius 1 is 1.27 bits per heavy atom. The highest BCUT2D eigenvalue weighted by atomic mass is 35.5. The Morgan fingerprint density at radius 2 is 1.92 bits per heavy atom. The number of carboxylic acid groups (broad SMARTS) is 1. The SMILES string of the molecule is Cc1cc(C)n(C(C)CCNS(=O)(=O)c2cc(C(=O)O)c(Cl)cc2Cl)n1. The highest BCUT2D eigenvalue weighted by molar-refractivity contribution is 7.89. The fourth-order valence-corrected chi connectivity index (χ4v) is 4.49. The molecule has 1 aromatic heterocycles. The first-order valence-electron chi connectivity index (χ1n) is 7.77. The van der Waals surface area contributed by atoms with Gasteiger partial charge >= 0.3 is 5.97 Å². The Morgan fingerprint density at radius 3 is 2.46 bits per heavy atom. The van der Waals surface area contributed by atoms with Crippen molar-refractivity contribution in [3.8, 4) is 0 Å². The van der Waals surface area contributed by atoms with Crippen molar-refractivity contribution in [1.29, 1.82) is 0 Å². The van der Waals surface area contributed by atoms with Crippen molar-refractivity contribution in [1.82, 2.24) is 14.5 Å². The van der Waals surface area contributed by atoms with Gasteiger partial charge in [0.2, 0.25) is 10.0 Å². The number of carbonyl (C=O) groups is 1. The summed E-state index contributed by atoms with van der Waals surface area (Å²) in [6.45, 7) is 5.90. The minimum Gasteiger partial charge on any atom is -0.478 e. The first-order chi connectivity index (χ1) is 12.0. The number of aromatic carboxylic acids is 1. The molecule has 7 nitrogen and oxygen atoms in total. The third-order valence-corrected chi connectivity index (χ3v) is 6.10. The summed E-state index contributed by atoms with van der Waals surface area (Å²) in [6, 6.07) is 4.00. The van der Waals surface area contributed by atoms with E-state index in [1.54, 1.807) is 0 Å². The summed E-state index contributed by atoms with van der Waals surface area (Å²) >= 11 is 11.7. The summed E-state index contributed by atoms with van der Waals surface area (Å²) in [5.74, 6) is -1.33. The maximum absolute atomic E-state index is 12.5. The van der Waals surface area contributed by atoms with Gasteiger partial charge in [-0.2, -0.15) is 5.10 Å². The highest BCUT2D eigenvalue weighted by Gasteiger charge is 2.22. The second-order valence-electron chi connectivity index (χ2n) is 5.97. The molecule has 2 aromatic rings. The zero-order valence-corrected chi connectivity index (χ0v) is 16.8. The molecule has 0 bridgehead atoms. The number of halogens is 2. The van der Waals surface area contributed by atoms with Crippen LogP contribution in [0.1, 0.15) is 41.1 Å². The van der Waals surface area contributed by atoms with E-state index < -0.39 is 16.0 Å². The highest BCUT2D eigenvalue weighted by Crippen LogP contribution is 2.28. The molecule has 142 valence electrons. The summed E-state index contributed by atoms with van der Waals surface area (Å²) in [7, 11) is -3.98. The maximum atomic E-state index is 12.5. The molecule has 2 rings (SSSR count). The molecule has 0 radical (unpaired) electrons. The van der Waals surface area contributed by atoms with Gasteiger partial charge in [0.25, 0.3) is 0 Å². The van der Waals surface area contributed by atoms with Crippen molar-refractivity contribution in [2.45, 2.75) is 38.1 Å². The van der Waals surface area contributed by atoms with Crippen LogP contribution in [0.4, 0.5) is 0 Å². The first-order valence-corrected chi connectivity index (χ1v) is 10.0. The van der Waals surface area contributed by atoms with E-state index in [9.17, 15) is 13.2 Å². The van der Waals surface area contributed by atoms with Gasteiger partial charge in [-0.1, -0.05) is 23.2 Å². The van der Waals surface area contributed by atoms with Gasteiger partial charge in [-0.3, -0.25) is 4.68 Å². The molecule has 0 aliphatic heterocycles. The molecule has 26 heavy (non-hydrogen) atoms. The van der Waals surface area contributed by atoms with Gasteiger partial charge in [-0.25, -0.2) is 17.9 Å². The predicted octanol–water partition coefficient (Wildman–Crippen LogP) is 3.43. The standard InChI is InChI=1S/C16H19Cl2N3O4S/c1-9-6-11(3)21(20-9)10(2)4-5-19-26(24,25)15-7-12(16(22)23)13(17)8-14(15)18/h6-8,10,19H,4-5H2,1-3H3,(H,22,23).